The Kier molecular flexibility index (Phi) is 6.46. The van der Waals surface area contributed by atoms with Crippen LogP contribution >= 0.6 is 0 Å². The van der Waals surface area contributed by atoms with Gasteiger partial charge in [0.05, 0.1) is 0 Å². The third-order valence-corrected chi connectivity index (χ3v) is 3.49. The molecular formula is C13H26N2O. The number of carbonyl (C=O) groups is 1. The first-order valence-electron chi connectivity index (χ1n) is 6.72. The Balaban J connectivity index is 2.17. The minimum atomic E-state index is 0.0840. The lowest BCUT2D eigenvalue weighted by molar-refractivity contribution is -0.118. The summed E-state index contributed by atoms with van der Waals surface area (Å²) in [6, 6.07) is 0.802. The van der Waals surface area contributed by atoms with E-state index in [9.17, 15) is 4.79 Å². The summed E-state index contributed by atoms with van der Waals surface area (Å²) in [7, 11) is 0. The molecule has 0 radical (unpaired) electrons. The first kappa shape index (κ1) is 13.5. The van der Waals surface area contributed by atoms with Gasteiger partial charge >= 0.3 is 0 Å². The van der Waals surface area contributed by atoms with Crippen LogP contribution in [0.2, 0.25) is 0 Å². The molecule has 94 valence electrons. The van der Waals surface area contributed by atoms with Gasteiger partial charge in [-0.05, 0) is 25.8 Å². The van der Waals surface area contributed by atoms with E-state index < -0.39 is 0 Å². The normalized spacial score (nSPS) is 17.7. The van der Waals surface area contributed by atoms with Crippen LogP contribution in [0.15, 0.2) is 0 Å². The summed E-state index contributed by atoms with van der Waals surface area (Å²) in [5, 5.41) is 2.86. The molecule has 0 saturated heterocycles. The molecule has 0 bridgehead atoms. The van der Waals surface area contributed by atoms with E-state index in [1.54, 1.807) is 6.92 Å². The molecule has 0 spiro atoms. The number of rotatable bonds is 6. The number of hydrogen-bond acceptors (Lipinski definition) is 2. The van der Waals surface area contributed by atoms with E-state index in [-0.39, 0.29) is 5.91 Å². The van der Waals surface area contributed by atoms with Crippen molar-refractivity contribution in [2.45, 2.75) is 58.4 Å². The van der Waals surface area contributed by atoms with Crippen LogP contribution in [-0.2, 0) is 4.79 Å². The summed E-state index contributed by atoms with van der Waals surface area (Å²) >= 11 is 0. The van der Waals surface area contributed by atoms with Crippen molar-refractivity contribution in [2.75, 3.05) is 19.6 Å². The SMILES string of the molecule is CCN(CCCNC(C)=O)C1CCCCC1. The quantitative estimate of drug-likeness (QED) is 0.704. The molecular weight excluding hydrogens is 200 g/mol. The Morgan fingerprint density at radius 3 is 2.56 bits per heavy atom. The first-order chi connectivity index (χ1) is 7.74. The van der Waals surface area contributed by atoms with Crippen LogP contribution in [0.1, 0.15) is 52.4 Å². The Morgan fingerprint density at radius 2 is 2.00 bits per heavy atom. The highest BCUT2D eigenvalue weighted by atomic mass is 16.1. The molecule has 1 saturated carbocycles. The maximum Gasteiger partial charge on any atom is 0.216 e. The number of nitrogens with zero attached hydrogens (tertiary/aromatic N) is 1. The van der Waals surface area contributed by atoms with Gasteiger partial charge in [0, 0.05) is 26.1 Å². The second-order valence-corrected chi connectivity index (χ2v) is 4.76. The highest BCUT2D eigenvalue weighted by Crippen LogP contribution is 2.22. The highest BCUT2D eigenvalue weighted by molar-refractivity contribution is 5.72. The third-order valence-electron chi connectivity index (χ3n) is 3.49. The molecule has 16 heavy (non-hydrogen) atoms. The molecule has 1 rings (SSSR count). The van der Waals surface area contributed by atoms with E-state index in [1.807, 2.05) is 0 Å². The predicted octanol–water partition coefficient (Wildman–Crippen LogP) is 2.17. The summed E-state index contributed by atoms with van der Waals surface area (Å²) in [5.41, 5.74) is 0. The second kappa shape index (κ2) is 7.66. The molecule has 1 aliphatic rings. The number of carbonyl (C=O) groups excluding carboxylic acids is 1. The van der Waals surface area contributed by atoms with Crippen LogP contribution in [0.25, 0.3) is 0 Å². The molecule has 0 atom stereocenters. The van der Waals surface area contributed by atoms with Crippen molar-refractivity contribution < 1.29 is 4.79 Å². The Bertz CT molecular complexity index is 200. The smallest absolute Gasteiger partial charge is 0.216 e. The standard InChI is InChI=1S/C13H26N2O/c1-3-15(11-7-10-14-12(2)16)13-8-5-4-6-9-13/h13H,3-11H2,1-2H3,(H,14,16). The summed E-state index contributed by atoms with van der Waals surface area (Å²) < 4.78 is 0. The molecule has 0 aliphatic heterocycles. The van der Waals surface area contributed by atoms with Gasteiger partial charge in [0.2, 0.25) is 5.91 Å². The molecule has 1 amide bonds. The van der Waals surface area contributed by atoms with E-state index in [1.165, 1.54) is 32.1 Å². The van der Waals surface area contributed by atoms with E-state index in [0.717, 1.165) is 32.1 Å². The summed E-state index contributed by atoms with van der Waals surface area (Å²) in [5.74, 6) is 0.0840. The lowest BCUT2D eigenvalue weighted by Crippen LogP contribution is -2.38. The molecule has 3 nitrogen and oxygen atoms in total. The minimum Gasteiger partial charge on any atom is -0.356 e. The molecule has 1 fully saturated rings. The average Bonchev–Trinajstić information content (AvgIpc) is 2.30. The highest BCUT2D eigenvalue weighted by Gasteiger charge is 2.18. The fourth-order valence-electron chi connectivity index (χ4n) is 2.59. The van der Waals surface area contributed by atoms with Gasteiger partial charge in [-0.25, -0.2) is 0 Å². The molecule has 3 heteroatoms. The maximum absolute atomic E-state index is 10.7. The largest absolute Gasteiger partial charge is 0.356 e. The third kappa shape index (κ3) is 4.97. The zero-order valence-electron chi connectivity index (χ0n) is 10.8. The van der Waals surface area contributed by atoms with Gasteiger partial charge < -0.3 is 10.2 Å². The van der Waals surface area contributed by atoms with Gasteiger partial charge in [0.25, 0.3) is 0 Å². The van der Waals surface area contributed by atoms with Crippen molar-refractivity contribution in [1.82, 2.24) is 10.2 Å². The lowest BCUT2D eigenvalue weighted by atomic mass is 9.94. The van der Waals surface area contributed by atoms with Crippen molar-refractivity contribution in [2.24, 2.45) is 0 Å². The van der Waals surface area contributed by atoms with E-state index >= 15 is 0 Å². The van der Waals surface area contributed by atoms with Gasteiger partial charge in [-0.1, -0.05) is 26.2 Å². The maximum atomic E-state index is 10.7. The number of amides is 1. The Labute approximate surface area is 99.6 Å². The van der Waals surface area contributed by atoms with Gasteiger partial charge in [-0.2, -0.15) is 0 Å². The van der Waals surface area contributed by atoms with Crippen molar-refractivity contribution in [3.05, 3.63) is 0 Å². The average molecular weight is 226 g/mol. The molecule has 0 heterocycles. The van der Waals surface area contributed by atoms with Gasteiger partial charge in [0.15, 0.2) is 0 Å². The van der Waals surface area contributed by atoms with Crippen LogP contribution in [0.4, 0.5) is 0 Å². The lowest BCUT2D eigenvalue weighted by Gasteiger charge is -2.33. The molecule has 0 aromatic rings. The van der Waals surface area contributed by atoms with Crippen molar-refractivity contribution >= 4 is 5.91 Å². The number of hydrogen-bond donors (Lipinski definition) is 1. The second-order valence-electron chi connectivity index (χ2n) is 4.76. The molecule has 0 aromatic carbocycles. The fraction of sp³-hybridized carbons (Fsp3) is 0.923. The van der Waals surface area contributed by atoms with Crippen LogP contribution in [-0.4, -0.2) is 36.5 Å². The Morgan fingerprint density at radius 1 is 1.31 bits per heavy atom. The van der Waals surface area contributed by atoms with Crippen LogP contribution in [0.3, 0.4) is 0 Å². The fourth-order valence-corrected chi connectivity index (χ4v) is 2.59. The monoisotopic (exact) mass is 226 g/mol. The summed E-state index contributed by atoms with van der Waals surface area (Å²) in [6.07, 6.45) is 8.02. The van der Waals surface area contributed by atoms with Crippen LogP contribution in [0, 0.1) is 0 Å². The first-order valence-corrected chi connectivity index (χ1v) is 6.72. The van der Waals surface area contributed by atoms with Crippen molar-refractivity contribution in [3.63, 3.8) is 0 Å². The van der Waals surface area contributed by atoms with Gasteiger partial charge in [-0.15, -0.1) is 0 Å². The topological polar surface area (TPSA) is 32.3 Å². The molecule has 0 aromatic heterocycles. The van der Waals surface area contributed by atoms with Gasteiger partial charge in [-0.3, -0.25) is 4.79 Å². The molecule has 1 N–H and O–H groups in total. The zero-order chi connectivity index (χ0) is 11.8. The van der Waals surface area contributed by atoms with Crippen LogP contribution in [0.5, 0.6) is 0 Å². The van der Waals surface area contributed by atoms with E-state index in [4.69, 9.17) is 0 Å². The summed E-state index contributed by atoms with van der Waals surface area (Å²) in [6.45, 7) is 6.91. The van der Waals surface area contributed by atoms with Gasteiger partial charge in [0.1, 0.15) is 0 Å². The van der Waals surface area contributed by atoms with Crippen molar-refractivity contribution in [3.8, 4) is 0 Å². The van der Waals surface area contributed by atoms with Crippen molar-refractivity contribution in [1.29, 1.82) is 0 Å². The molecule has 1 aliphatic carbocycles. The summed E-state index contributed by atoms with van der Waals surface area (Å²) in [4.78, 5) is 13.3. The van der Waals surface area contributed by atoms with E-state index in [2.05, 4.69) is 17.1 Å². The molecule has 0 unspecified atom stereocenters. The Hall–Kier alpha value is -0.570. The predicted molar refractivity (Wildman–Crippen MR) is 67.4 cm³/mol. The zero-order valence-corrected chi connectivity index (χ0v) is 10.8. The minimum absolute atomic E-state index is 0.0840. The van der Waals surface area contributed by atoms with Crippen LogP contribution < -0.4 is 5.32 Å². The van der Waals surface area contributed by atoms with E-state index in [0.29, 0.717) is 0 Å². The number of nitrogens with one attached hydrogen (secondary N) is 1.